The normalized spacial score (nSPS) is 21.2. The first-order chi connectivity index (χ1) is 15.5. The van der Waals surface area contributed by atoms with Gasteiger partial charge in [-0.25, -0.2) is 0 Å². The van der Waals surface area contributed by atoms with Gasteiger partial charge in [0.05, 0.1) is 0 Å². The van der Waals surface area contributed by atoms with Crippen molar-refractivity contribution in [3.8, 4) is 0 Å². The van der Waals surface area contributed by atoms with Crippen molar-refractivity contribution in [2.75, 3.05) is 0 Å². The van der Waals surface area contributed by atoms with Crippen LogP contribution in [0.25, 0.3) is 33.7 Å². The number of hydrogen-bond acceptors (Lipinski definition) is 0. The van der Waals surface area contributed by atoms with Crippen molar-refractivity contribution in [1.29, 1.82) is 0 Å². The maximum atomic E-state index is 2.48. The molecular weight excluding hydrogens is 384 g/mol. The van der Waals surface area contributed by atoms with Crippen LogP contribution in [-0.4, -0.2) is 0 Å². The molecule has 2 unspecified atom stereocenters. The van der Waals surface area contributed by atoms with Crippen molar-refractivity contribution < 1.29 is 0 Å². The average Bonchev–Trinajstić information content (AvgIpc) is 3.34. The summed E-state index contributed by atoms with van der Waals surface area (Å²) in [6.45, 7) is 9.62. The lowest BCUT2D eigenvalue weighted by Gasteiger charge is -2.33. The highest BCUT2D eigenvalue weighted by molar-refractivity contribution is 5.95. The van der Waals surface area contributed by atoms with Crippen LogP contribution in [0, 0.1) is 11.8 Å². The molecule has 0 radical (unpaired) electrons. The lowest BCUT2D eigenvalue weighted by molar-refractivity contribution is 0.320. The molecular formula is C32H30. The number of hydrogen-bond donors (Lipinski definition) is 0. The molecule has 0 aromatic heterocycles. The third-order valence-corrected chi connectivity index (χ3v) is 8.29. The van der Waals surface area contributed by atoms with E-state index >= 15 is 0 Å². The first-order valence-corrected chi connectivity index (χ1v) is 11.9. The van der Waals surface area contributed by atoms with E-state index < -0.39 is 0 Å². The van der Waals surface area contributed by atoms with Crippen LogP contribution in [-0.2, 0) is 0 Å². The monoisotopic (exact) mass is 414 g/mol. The van der Waals surface area contributed by atoms with Crippen molar-refractivity contribution in [2.45, 2.75) is 39.5 Å². The second-order valence-corrected chi connectivity index (χ2v) is 10.0. The van der Waals surface area contributed by atoms with Crippen molar-refractivity contribution in [3.63, 3.8) is 0 Å². The van der Waals surface area contributed by atoms with Crippen LogP contribution < -0.4 is 0 Å². The lowest BCUT2D eigenvalue weighted by atomic mass is 9.70. The predicted molar refractivity (Wildman–Crippen MR) is 139 cm³/mol. The van der Waals surface area contributed by atoms with Gasteiger partial charge in [0.15, 0.2) is 0 Å². The minimum absolute atomic E-state index is 0.488. The molecule has 32 heavy (non-hydrogen) atoms. The Hall–Kier alpha value is -3.12. The van der Waals surface area contributed by atoms with Crippen LogP contribution in [0.4, 0.5) is 0 Å². The first kappa shape index (κ1) is 19.6. The summed E-state index contributed by atoms with van der Waals surface area (Å²) in [5, 5.41) is 5.46. The average molecular weight is 415 g/mol. The molecule has 4 atom stereocenters. The molecule has 6 rings (SSSR count). The van der Waals surface area contributed by atoms with Crippen LogP contribution in [0.5, 0.6) is 0 Å². The Bertz CT molecular complexity index is 1320. The zero-order chi connectivity index (χ0) is 22.0. The number of allylic oxidation sites excluding steroid dienone is 2. The minimum Gasteiger partial charge on any atom is -0.0649 e. The van der Waals surface area contributed by atoms with E-state index in [1.807, 2.05) is 0 Å². The Morgan fingerprint density at radius 1 is 0.531 bits per heavy atom. The van der Waals surface area contributed by atoms with Crippen molar-refractivity contribution >= 4 is 33.7 Å². The lowest BCUT2D eigenvalue weighted by Crippen LogP contribution is -2.23. The third-order valence-electron chi connectivity index (χ3n) is 8.29. The molecule has 0 saturated heterocycles. The van der Waals surface area contributed by atoms with Crippen molar-refractivity contribution in [1.82, 2.24) is 0 Å². The first-order valence-electron chi connectivity index (χ1n) is 11.9. The summed E-state index contributed by atoms with van der Waals surface area (Å²) in [6.07, 6.45) is 4.90. The quantitative estimate of drug-likeness (QED) is 0.314. The van der Waals surface area contributed by atoms with Gasteiger partial charge in [-0.2, -0.15) is 0 Å². The summed E-state index contributed by atoms with van der Waals surface area (Å²) in [6, 6.07) is 27.0. The third kappa shape index (κ3) is 2.75. The van der Waals surface area contributed by atoms with Crippen LogP contribution in [0.3, 0.4) is 0 Å². The van der Waals surface area contributed by atoms with Gasteiger partial charge in [0.1, 0.15) is 0 Å². The van der Waals surface area contributed by atoms with Gasteiger partial charge in [-0.1, -0.05) is 110 Å². The molecule has 0 bridgehead atoms. The topological polar surface area (TPSA) is 0 Å². The maximum absolute atomic E-state index is 2.48. The highest BCUT2D eigenvalue weighted by atomic mass is 14.4. The fourth-order valence-corrected chi connectivity index (χ4v) is 6.62. The van der Waals surface area contributed by atoms with Gasteiger partial charge in [0.2, 0.25) is 0 Å². The van der Waals surface area contributed by atoms with Gasteiger partial charge in [0.25, 0.3) is 0 Å². The molecule has 2 aliphatic rings. The second-order valence-electron chi connectivity index (χ2n) is 10.0. The van der Waals surface area contributed by atoms with E-state index in [1.165, 1.54) is 54.9 Å². The second kappa shape index (κ2) is 7.20. The van der Waals surface area contributed by atoms with Crippen LogP contribution in [0.1, 0.15) is 61.8 Å². The smallest absolute Gasteiger partial charge is 0.00834 e. The fraction of sp³-hybridized carbons (Fsp3) is 0.250. The Kier molecular flexibility index (Phi) is 4.40. The maximum Gasteiger partial charge on any atom is 0.00834 e. The van der Waals surface area contributed by atoms with E-state index in [2.05, 4.69) is 113 Å². The van der Waals surface area contributed by atoms with Crippen molar-refractivity contribution in [3.05, 3.63) is 106 Å². The molecule has 0 N–H and O–H groups in total. The highest BCUT2D eigenvalue weighted by Gasteiger charge is 2.37. The molecule has 0 fully saturated rings. The van der Waals surface area contributed by atoms with Crippen LogP contribution in [0.2, 0.25) is 0 Å². The van der Waals surface area contributed by atoms with Crippen LogP contribution in [0.15, 0.2) is 83.9 Å². The van der Waals surface area contributed by atoms with Gasteiger partial charge in [-0.3, -0.25) is 0 Å². The zero-order valence-corrected chi connectivity index (χ0v) is 19.4. The molecule has 2 aliphatic carbocycles. The van der Waals surface area contributed by atoms with E-state index in [1.54, 1.807) is 0 Å². The Balaban J connectivity index is 1.40. The summed E-state index contributed by atoms with van der Waals surface area (Å²) in [4.78, 5) is 0. The summed E-state index contributed by atoms with van der Waals surface area (Å²) in [7, 11) is 0. The number of benzene rings is 4. The summed E-state index contributed by atoms with van der Waals surface area (Å²) >= 11 is 0. The Morgan fingerprint density at radius 2 is 0.938 bits per heavy atom. The summed E-state index contributed by atoms with van der Waals surface area (Å²) < 4.78 is 0. The van der Waals surface area contributed by atoms with E-state index in [0.29, 0.717) is 23.7 Å². The molecule has 4 aromatic carbocycles. The molecule has 4 aromatic rings. The predicted octanol–water partition coefficient (Wildman–Crippen LogP) is 8.97. The summed E-state index contributed by atoms with van der Waals surface area (Å²) in [5.74, 6) is 2.09. The standard InChI is InChI=1S/C32H30/c1-19-17-29-25-11-7-5-9-23(25)13-15-27(29)31(19)21(3)22(4)32-20(2)18-30-26-12-8-6-10-24(26)14-16-28(30)32/h5-18,21-22,31-32H,1-4H3/t21-,22-,31?,32?/m1/s1. The zero-order valence-electron chi connectivity index (χ0n) is 19.4. The minimum atomic E-state index is 0.488. The van der Waals surface area contributed by atoms with Crippen LogP contribution >= 0.6 is 0 Å². The molecule has 0 aliphatic heterocycles. The fourth-order valence-electron chi connectivity index (χ4n) is 6.62. The van der Waals surface area contributed by atoms with Crippen molar-refractivity contribution in [2.24, 2.45) is 11.8 Å². The molecule has 0 nitrogen and oxygen atoms in total. The molecule has 0 heteroatoms. The number of fused-ring (bicyclic) bond motifs is 6. The molecule has 158 valence electrons. The summed E-state index contributed by atoms with van der Waals surface area (Å²) in [5.41, 5.74) is 8.92. The molecule has 0 saturated carbocycles. The van der Waals surface area contributed by atoms with Gasteiger partial charge in [-0.05, 0) is 69.5 Å². The Labute approximate surface area is 191 Å². The van der Waals surface area contributed by atoms with E-state index in [4.69, 9.17) is 0 Å². The van der Waals surface area contributed by atoms with Gasteiger partial charge in [-0.15, -0.1) is 0 Å². The van der Waals surface area contributed by atoms with E-state index in [0.717, 1.165) is 0 Å². The van der Waals surface area contributed by atoms with Gasteiger partial charge in [0, 0.05) is 11.8 Å². The number of rotatable bonds is 3. The van der Waals surface area contributed by atoms with Gasteiger partial charge < -0.3 is 0 Å². The van der Waals surface area contributed by atoms with E-state index in [-0.39, 0.29) is 0 Å². The van der Waals surface area contributed by atoms with E-state index in [9.17, 15) is 0 Å². The SMILES string of the molecule is CC1=Cc2c(ccc3ccccc23)C1[C@H](C)[C@@H](C)C1C(C)=Cc2c1ccc1ccccc21. The highest BCUT2D eigenvalue weighted by Crippen LogP contribution is 2.52. The largest absolute Gasteiger partial charge is 0.0649 e. The Morgan fingerprint density at radius 3 is 1.38 bits per heavy atom. The molecule has 0 heterocycles. The molecule has 0 spiro atoms. The molecule has 0 amide bonds. The van der Waals surface area contributed by atoms with Gasteiger partial charge >= 0.3 is 0 Å².